The zero-order valence-corrected chi connectivity index (χ0v) is 10.4. The van der Waals surface area contributed by atoms with Crippen LogP contribution in [0.25, 0.3) is 0 Å². The number of hydrazone groups is 1. The van der Waals surface area contributed by atoms with Gasteiger partial charge >= 0.3 is 0 Å². The molecule has 1 aliphatic heterocycles. The number of nitrogens with zero attached hydrogens (tertiary/aromatic N) is 1. The van der Waals surface area contributed by atoms with Crippen molar-refractivity contribution < 1.29 is 9.53 Å². The topological polar surface area (TPSA) is 50.7 Å². The first-order chi connectivity index (χ1) is 7.70. The van der Waals surface area contributed by atoms with Gasteiger partial charge in [-0.25, -0.2) is 5.43 Å². The van der Waals surface area contributed by atoms with Crippen LogP contribution >= 0.6 is 15.9 Å². The lowest BCUT2D eigenvalue weighted by Gasteiger charge is -2.14. The van der Waals surface area contributed by atoms with Crippen LogP contribution in [-0.2, 0) is 4.79 Å². The van der Waals surface area contributed by atoms with Crippen LogP contribution in [0.1, 0.15) is 18.4 Å². The van der Waals surface area contributed by atoms with Crippen molar-refractivity contribution in [2.75, 3.05) is 7.11 Å². The molecule has 16 heavy (non-hydrogen) atoms. The number of nitrogens with one attached hydrogen (secondary N) is 1. The van der Waals surface area contributed by atoms with Crippen molar-refractivity contribution in [3.63, 3.8) is 0 Å². The van der Waals surface area contributed by atoms with E-state index in [9.17, 15) is 4.79 Å². The van der Waals surface area contributed by atoms with E-state index in [1.807, 2.05) is 18.2 Å². The number of methoxy groups -OCH3 is 1. The molecule has 0 fully saturated rings. The molecular formula is C11H11BrN2O2. The quantitative estimate of drug-likeness (QED) is 0.903. The standard InChI is InChI=1S/C11H11BrN2O2/c1-16-10-6-7(12)2-3-8(10)9-4-5-11(15)14-13-9/h2-3,6H,4-5H2,1H3,(H,14,15). The lowest BCUT2D eigenvalue weighted by atomic mass is 10.0. The second-order valence-corrected chi connectivity index (χ2v) is 4.35. The molecule has 0 spiro atoms. The Morgan fingerprint density at radius 3 is 2.88 bits per heavy atom. The summed E-state index contributed by atoms with van der Waals surface area (Å²) in [5.74, 6) is 0.712. The number of hydrogen-bond donors (Lipinski definition) is 1. The number of carbonyl (C=O) groups is 1. The molecule has 0 unspecified atom stereocenters. The zero-order valence-electron chi connectivity index (χ0n) is 8.79. The molecule has 84 valence electrons. The van der Waals surface area contributed by atoms with Gasteiger partial charge in [-0.05, 0) is 18.2 Å². The van der Waals surface area contributed by atoms with Gasteiger partial charge in [-0.15, -0.1) is 0 Å². The van der Waals surface area contributed by atoms with Gasteiger partial charge in [0.15, 0.2) is 0 Å². The average molecular weight is 283 g/mol. The zero-order chi connectivity index (χ0) is 11.5. The Kier molecular flexibility index (Phi) is 3.24. The SMILES string of the molecule is COc1cc(Br)ccc1C1=NNC(=O)CC1. The average Bonchev–Trinajstić information content (AvgIpc) is 2.30. The van der Waals surface area contributed by atoms with Crippen molar-refractivity contribution in [2.45, 2.75) is 12.8 Å². The smallest absolute Gasteiger partial charge is 0.240 e. The monoisotopic (exact) mass is 282 g/mol. The van der Waals surface area contributed by atoms with Crippen LogP contribution in [0.5, 0.6) is 5.75 Å². The second kappa shape index (κ2) is 4.65. The van der Waals surface area contributed by atoms with Crippen LogP contribution in [-0.4, -0.2) is 18.7 Å². The van der Waals surface area contributed by atoms with E-state index in [4.69, 9.17) is 4.74 Å². The fourth-order valence-electron chi connectivity index (χ4n) is 1.57. The van der Waals surface area contributed by atoms with Crippen LogP contribution in [0.4, 0.5) is 0 Å². The summed E-state index contributed by atoms with van der Waals surface area (Å²) in [6.45, 7) is 0. The van der Waals surface area contributed by atoms with E-state index in [2.05, 4.69) is 26.5 Å². The molecule has 1 heterocycles. The van der Waals surface area contributed by atoms with Gasteiger partial charge in [-0.1, -0.05) is 15.9 Å². The van der Waals surface area contributed by atoms with E-state index < -0.39 is 0 Å². The van der Waals surface area contributed by atoms with Crippen LogP contribution in [0, 0.1) is 0 Å². The van der Waals surface area contributed by atoms with Crippen molar-refractivity contribution >= 4 is 27.5 Å². The number of rotatable bonds is 2. The molecule has 4 nitrogen and oxygen atoms in total. The lowest BCUT2D eigenvalue weighted by Crippen LogP contribution is -2.26. The molecule has 1 aromatic rings. The van der Waals surface area contributed by atoms with Gasteiger partial charge in [-0.3, -0.25) is 4.79 Å². The molecule has 0 aliphatic carbocycles. The van der Waals surface area contributed by atoms with Gasteiger partial charge < -0.3 is 4.74 Å². The third kappa shape index (κ3) is 2.24. The van der Waals surface area contributed by atoms with Gasteiger partial charge in [0.1, 0.15) is 5.75 Å². The molecule has 5 heteroatoms. The third-order valence-corrected chi connectivity index (χ3v) is 2.87. The maximum absolute atomic E-state index is 11.0. The summed E-state index contributed by atoms with van der Waals surface area (Å²) in [6.07, 6.45) is 1.11. The van der Waals surface area contributed by atoms with Crippen LogP contribution < -0.4 is 10.2 Å². The molecular weight excluding hydrogens is 272 g/mol. The number of ether oxygens (including phenoxy) is 1. The van der Waals surface area contributed by atoms with Crippen molar-refractivity contribution in [1.29, 1.82) is 0 Å². The van der Waals surface area contributed by atoms with Crippen LogP contribution in [0.3, 0.4) is 0 Å². The fraction of sp³-hybridized carbons (Fsp3) is 0.273. The van der Waals surface area contributed by atoms with E-state index in [-0.39, 0.29) is 5.91 Å². The third-order valence-electron chi connectivity index (χ3n) is 2.38. The molecule has 0 atom stereocenters. The molecule has 1 aliphatic rings. The highest BCUT2D eigenvalue weighted by Crippen LogP contribution is 2.25. The maximum Gasteiger partial charge on any atom is 0.240 e. The summed E-state index contributed by atoms with van der Waals surface area (Å²) < 4.78 is 6.24. The van der Waals surface area contributed by atoms with Gasteiger partial charge in [0.05, 0.1) is 12.8 Å². The molecule has 0 radical (unpaired) electrons. The minimum absolute atomic E-state index is 0.0418. The van der Waals surface area contributed by atoms with E-state index in [1.165, 1.54) is 0 Å². The highest BCUT2D eigenvalue weighted by atomic mass is 79.9. The Morgan fingerprint density at radius 1 is 1.44 bits per heavy atom. The Bertz CT molecular complexity index is 457. The molecule has 2 rings (SSSR count). The summed E-state index contributed by atoms with van der Waals surface area (Å²) in [5.41, 5.74) is 4.25. The lowest BCUT2D eigenvalue weighted by molar-refractivity contribution is -0.121. The number of benzene rings is 1. The first kappa shape index (κ1) is 11.1. The largest absolute Gasteiger partial charge is 0.496 e. The summed E-state index contributed by atoms with van der Waals surface area (Å²) in [6, 6.07) is 5.74. The minimum atomic E-state index is -0.0418. The summed E-state index contributed by atoms with van der Waals surface area (Å²) in [5, 5.41) is 4.04. The molecule has 1 aromatic carbocycles. The maximum atomic E-state index is 11.0. The number of halogens is 1. The molecule has 0 aromatic heterocycles. The summed E-state index contributed by atoms with van der Waals surface area (Å²) >= 11 is 3.38. The normalized spacial score (nSPS) is 15.4. The van der Waals surface area contributed by atoms with Crippen molar-refractivity contribution in [3.8, 4) is 5.75 Å². The van der Waals surface area contributed by atoms with Crippen molar-refractivity contribution in [3.05, 3.63) is 28.2 Å². The highest BCUT2D eigenvalue weighted by molar-refractivity contribution is 9.10. The second-order valence-electron chi connectivity index (χ2n) is 3.44. The fourth-order valence-corrected chi connectivity index (χ4v) is 1.91. The molecule has 0 saturated carbocycles. The van der Waals surface area contributed by atoms with E-state index in [1.54, 1.807) is 7.11 Å². The predicted octanol–water partition coefficient (Wildman–Crippen LogP) is 2.07. The van der Waals surface area contributed by atoms with E-state index >= 15 is 0 Å². The predicted molar refractivity (Wildman–Crippen MR) is 64.6 cm³/mol. The molecule has 1 N–H and O–H groups in total. The Hall–Kier alpha value is -1.36. The van der Waals surface area contributed by atoms with Crippen molar-refractivity contribution in [2.24, 2.45) is 5.10 Å². The van der Waals surface area contributed by atoms with Crippen LogP contribution in [0.15, 0.2) is 27.8 Å². The van der Waals surface area contributed by atoms with E-state index in [0.717, 1.165) is 21.5 Å². The highest BCUT2D eigenvalue weighted by Gasteiger charge is 2.16. The Balaban J connectivity index is 2.36. The number of carbonyl (C=O) groups excluding carboxylic acids is 1. The van der Waals surface area contributed by atoms with Crippen LogP contribution in [0.2, 0.25) is 0 Å². The molecule has 0 saturated heterocycles. The number of amides is 1. The molecule has 1 amide bonds. The first-order valence-electron chi connectivity index (χ1n) is 4.90. The number of hydrogen-bond acceptors (Lipinski definition) is 3. The van der Waals surface area contributed by atoms with Gasteiger partial charge in [0.2, 0.25) is 5.91 Å². The first-order valence-corrected chi connectivity index (χ1v) is 5.69. The Labute approximate surface area is 102 Å². The Morgan fingerprint density at radius 2 is 2.25 bits per heavy atom. The van der Waals surface area contributed by atoms with Gasteiger partial charge in [-0.2, -0.15) is 5.10 Å². The summed E-state index contributed by atoms with van der Waals surface area (Å²) in [7, 11) is 1.62. The van der Waals surface area contributed by atoms with Gasteiger partial charge in [0, 0.05) is 22.9 Å². The van der Waals surface area contributed by atoms with Gasteiger partial charge in [0.25, 0.3) is 0 Å². The van der Waals surface area contributed by atoms with E-state index in [0.29, 0.717) is 12.8 Å². The minimum Gasteiger partial charge on any atom is -0.496 e. The summed E-state index contributed by atoms with van der Waals surface area (Å²) in [4.78, 5) is 11.0. The van der Waals surface area contributed by atoms with Crippen molar-refractivity contribution in [1.82, 2.24) is 5.43 Å². The molecule has 0 bridgehead atoms.